The summed E-state index contributed by atoms with van der Waals surface area (Å²) in [6.07, 6.45) is 2.61. The Morgan fingerprint density at radius 2 is 1.93 bits per heavy atom. The number of hydrogen-bond acceptors (Lipinski definition) is 4. The van der Waals surface area contributed by atoms with Gasteiger partial charge in [0.15, 0.2) is 0 Å². The minimum absolute atomic E-state index is 0.152. The molecule has 0 spiro atoms. The van der Waals surface area contributed by atoms with Crippen molar-refractivity contribution in [3.63, 3.8) is 0 Å². The topological polar surface area (TPSA) is 75.7 Å². The lowest BCUT2D eigenvalue weighted by molar-refractivity contribution is -0.119. The second-order valence-corrected chi connectivity index (χ2v) is 10.1. The Balaban J connectivity index is 1.40. The van der Waals surface area contributed by atoms with E-state index >= 15 is 0 Å². The Bertz CT molecular complexity index is 1080. The predicted molar refractivity (Wildman–Crippen MR) is 116 cm³/mol. The van der Waals surface area contributed by atoms with Gasteiger partial charge < -0.3 is 9.64 Å². The van der Waals surface area contributed by atoms with Crippen molar-refractivity contribution in [1.29, 1.82) is 0 Å². The number of aryl methyl sites for hydroxylation is 2. The second-order valence-electron chi connectivity index (χ2n) is 8.38. The van der Waals surface area contributed by atoms with Gasteiger partial charge in [0.2, 0.25) is 15.9 Å². The average Bonchev–Trinajstić information content (AvgIpc) is 3.47. The summed E-state index contributed by atoms with van der Waals surface area (Å²) in [5.74, 6) is 1.04. The molecule has 7 heteroatoms. The lowest BCUT2D eigenvalue weighted by Crippen LogP contribution is -2.36. The summed E-state index contributed by atoms with van der Waals surface area (Å²) in [7, 11) is -3.68. The quantitative estimate of drug-likeness (QED) is 0.734. The fourth-order valence-corrected chi connectivity index (χ4v) is 5.00. The molecule has 160 valence electrons. The van der Waals surface area contributed by atoms with Crippen molar-refractivity contribution >= 4 is 21.6 Å². The lowest BCUT2D eigenvalue weighted by Gasteiger charge is -2.18. The molecular formula is C23H28N2O4S. The molecule has 1 amide bonds. The smallest absolute Gasteiger partial charge is 0.240 e. The summed E-state index contributed by atoms with van der Waals surface area (Å²) in [5, 5.41) is 0. The minimum atomic E-state index is -3.68. The number of sulfonamides is 1. The molecule has 0 radical (unpaired) electrons. The van der Waals surface area contributed by atoms with Gasteiger partial charge in [-0.25, -0.2) is 13.1 Å². The number of anilines is 1. The van der Waals surface area contributed by atoms with Crippen LogP contribution in [0.3, 0.4) is 0 Å². The van der Waals surface area contributed by atoms with Crippen LogP contribution in [0.2, 0.25) is 0 Å². The van der Waals surface area contributed by atoms with Crippen LogP contribution in [0.5, 0.6) is 5.75 Å². The number of nitrogens with one attached hydrogen (secondary N) is 1. The fraction of sp³-hybridized carbons (Fsp3) is 0.435. The molecule has 6 nitrogen and oxygen atoms in total. The summed E-state index contributed by atoms with van der Waals surface area (Å²) in [4.78, 5) is 14.4. The molecule has 1 N–H and O–H groups in total. The van der Waals surface area contributed by atoms with E-state index in [9.17, 15) is 13.2 Å². The molecule has 1 unspecified atom stereocenters. The van der Waals surface area contributed by atoms with Crippen molar-refractivity contribution in [1.82, 2.24) is 4.72 Å². The van der Waals surface area contributed by atoms with Gasteiger partial charge in [0, 0.05) is 18.2 Å². The maximum Gasteiger partial charge on any atom is 0.240 e. The van der Waals surface area contributed by atoms with Crippen LogP contribution < -0.4 is 14.4 Å². The van der Waals surface area contributed by atoms with Gasteiger partial charge in [-0.1, -0.05) is 6.07 Å². The zero-order valence-electron chi connectivity index (χ0n) is 17.6. The van der Waals surface area contributed by atoms with Gasteiger partial charge in [-0.2, -0.15) is 0 Å². The summed E-state index contributed by atoms with van der Waals surface area (Å²) < 4.78 is 34.1. The van der Waals surface area contributed by atoms with Crippen LogP contribution in [0.25, 0.3) is 0 Å². The minimum Gasteiger partial charge on any atom is -0.492 e. The number of ether oxygens (including phenoxy) is 1. The molecule has 1 heterocycles. The highest BCUT2D eigenvalue weighted by Gasteiger charge is 2.36. The number of amides is 1. The average molecular weight is 429 g/mol. The van der Waals surface area contributed by atoms with Gasteiger partial charge in [0.1, 0.15) is 12.4 Å². The van der Waals surface area contributed by atoms with E-state index in [4.69, 9.17) is 4.74 Å². The predicted octanol–water partition coefficient (Wildman–Crippen LogP) is 3.35. The molecule has 1 saturated carbocycles. The number of carbonyl (C=O) groups excluding carboxylic acids is 1. The van der Waals surface area contributed by atoms with E-state index < -0.39 is 16.1 Å². The first-order valence-electron chi connectivity index (χ1n) is 10.4. The van der Waals surface area contributed by atoms with Crippen molar-refractivity contribution in [2.24, 2.45) is 5.92 Å². The third-order valence-electron chi connectivity index (χ3n) is 5.78. The van der Waals surface area contributed by atoms with Gasteiger partial charge >= 0.3 is 0 Å². The van der Waals surface area contributed by atoms with Crippen molar-refractivity contribution in [2.45, 2.75) is 51.0 Å². The Hall–Kier alpha value is -2.38. The maximum absolute atomic E-state index is 12.8. The number of rotatable bonds is 7. The largest absolute Gasteiger partial charge is 0.492 e. The molecule has 0 saturated heterocycles. The standard InChI is InChI=1S/C23H28N2O4S/c1-15-4-7-20(12-16(15)2)29-14-17(3)24-30(27,28)21-8-9-22-19(13-21)10-11-25(22)23(26)18-5-6-18/h4,7-9,12-13,17-18,24H,5-6,10-11,14H2,1-3H3. The van der Waals surface area contributed by atoms with Crippen LogP contribution in [-0.2, 0) is 21.2 Å². The third kappa shape index (κ3) is 4.37. The Morgan fingerprint density at radius 3 is 2.63 bits per heavy atom. The number of fused-ring (bicyclic) bond motifs is 1. The monoisotopic (exact) mass is 428 g/mol. The van der Waals surface area contributed by atoms with Crippen LogP contribution in [0, 0.1) is 19.8 Å². The van der Waals surface area contributed by atoms with E-state index in [1.807, 2.05) is 32.0 Å². The second kappa shape index (κ2) is 8.04. The number of nitrogens with zero attached hydrogens (tertiary/aromatic N) is 1. The highest BCUT2D eigenvalue weighted by molar-refractivity contribution is 7.89. The summed E-state index contributed by atoms with van der Waals surface area (Å²) in [6, 6.07) is 10.5. The van der Waals surface area contributed by atoms with Gasteiger partial charge in [-0.3, -0.25) is 4.79 Å². The third-order valence-corrected chi connectivity index (χ3v) is 7.37. The van der Waals surface area contributed by atoms with E-state index in [-0.39, 0.29) is 23.3 Å². The van der Waals surface area contributed by atoms with E-state index in [2.05, 4.69) is 4.72 Å². The lowest BCUT2D eigenvalue weighted by atomic mass is 10.1. The molecule has 4 rings (SSSR count). The normalized spacial score (nSPS) is 17.0. The van der Waals surface area contributed by atoms with Crippen LogP contribution in [0.4, 0.5) is 5.69 Å². The van der Waals surface area contributed by atoms with Crippen molar-refractivity contribution in [3.05, 3.63) is 53.1 Å². The Labute approximate surface area is 178 Å². The van der Waals surface area contributed by atoms with E-state index in [1.165, 1.54) is 5.56 Å². The van der Waals surface area contributed by atoms with Crippen molar-refractivity contribution in [3.8, 4) is 5.75 Å². The first-order valence-corrected chi connectivity index (χ1v) is 11.9. The molecule has 2 aliphatic rings. The molecular weight excluding hydrogens is 400 g/mol. The summed E-state index contributed by atoms with van der Waals surface area (Å²) >= 11 is 0. The van der Waals surface area contributed by atoms with Gasteiger partial charge in [-0.05, 0) is 87.1 Å². The first kappa shape index (κ1) is 20.9. The van der Waals surface area contributed by atoms with E-state index in [1.54, 1.807) is 30.0 Å². The van der Waals surface area contributed by atoms with Gasteiger partial charge in [-0.15, -0.1) is 0 Å². The molecule has 2 aromatic carbocycles. The number of benzene rings is 2. The Morgan fingerprint density at radius 1 is 1.17 bits per heavy atom. The molecule has 1 aliphatic heterocycles. The van der Waals surface area contributed by atoms with Crippen LogP contribution in [0.1, 0.15) is 36.5 Å². The van der Waals surface area contributed by atoms with Crippen LogP contribution in [0.15, 0.2) is 41.3 Å². The van der Waals surface area contributed by atoms with E-state index in [0.29, 0.717) is 13.0 Å². The summed E-state index contributed by atoms with van der Waals surface area (Å²) in [6.45, 7) is 6.69. The molecule has 1 fully saturated rings. The van der Waals surface area contributed by atoms with Crippen molar-refractivity contribution < 1.29 is 17.9 Å². The maximum atomic E-state index is 12.8. The fourth-order valence-electron chi connectivity index (χ4n) is 3.72. The zero-order valence-corrected chi connectivity index (χ0v) is 18.5. The number of carbonyl (C=O) groups is 1. The zero-order chi connectivity index (χ0) is 21.5. The first-order chi connectivity index (χ1) is 14.2. The van der Waals surface area contributed by atoms with Crippen LogP contribution in [-0.4, -0.2) is 33.5 Å². The molecule has 30 heavy (non-hydrogen) atoms. The SMILES string of the molecule is Cc1ccc(OCC(C)NS(=O)(=O)c2ccc3c(c2)CCN3C(=O)C2CC2)cc1C. The van der Waals surface area contributed by atoms with Crippen LogP contribution >= 0.6 is 0 Å². The Kier molecular flexibility index (Phi) is 5.59. The molecule has 1 atom stereocenters. The molecule has 0 aromatic heterocycles. The van der Waals surface area contributed by atoms with Crippen molar-refractivity contribution in [2.75, 3.05) is 18.1 Å². The van der Waals surface area contributed by atoms with Gasteiger partial charge in [0.05, 0.1) is 10.9 Å². The summed E-state index contributed by atoms with van der Waals surface area (Å²) in [5.41, 5.74) is 4.07. The van der Waals surface area contributed by atoms with E-state index in [0.717, 1.165) is 35.4 Å². The highest BCUT2D eigenvalue weighted by Crippen LogP contribution is 2.37. The molecule has 2 aromatic rings. The highest BCUT2D eigenvalue weighted by atomic mass is 32.2. The number of hydrogen-bond donors (Lipinski definition) is 1. The molecule has 0 bridgehead atoms. The van der Waals surface area contributed by atoms with Gasteiger partial charge in [0.25, 0.3) is 0 Å². The molecule has 1 aliphatic carbocycles.